The number of hydrogen-bond acceptors (Lipinski definition) is 2. The quantitative estimate of drug-likeness (QED) is 0.543. The van der Waals surface area contributed by atoms with E-state index in [1.54, 1.807) is 0 Å². The molecule has 2 nitrogen and oxygen atoms in total. The molecule has 0 N–H and O–H groups in total. The molecule has 0 bridgehead atoms. The Morgan fingerprint density at radius 2 is 2.20 bits per heavy atom. The van der Waals surface area contributed by atoms with Crippen LogP contribution in [0, 0.1) is 0 Å². The second-order valence-electron chi connectivity index (χ2n) is 2.52. The summed E-state index contributed by atoms with van der Waals surface area (Å²) in [5.41, 5.74) is 0. The molecule has 0 saturated heterocycles. The summed E-state index contributed by atoms with van der Waals surface area (Å²) >= 11 is 0. The summed E-state index contributed by atoms with van der Waals surface area (Å²) in [5, 5.41) is 4.24. The second kappa shape index (κ2) is 2.78. The first kappa shape index (κ1) is 7.19. The SMILES string of the molecule is C/C=C\N1C(C)C=CN1C. The van der Waals surface area contributed by atoms with Crippen LogP contribution in [-0.2, 0) is 0 Å². The van der Waals surface area contributed by atoms with E-state index in [4.69, 9.17) is 0 Å². The molecule has 1 unspecified atom stereocenters. The molecule has 0 aromatic rings. The van der Waals surface area contributed by atoms with Gasteiger partial charge in [-0.1, -0.05) is 6.08 Å². The Kier molecular flexibility index (Phi) is 2.00. The van der Waals surface area contributed by atoms with E-state index < -0.39 is 0 Å². The van der Waals surface area contributed by atoms with Crippen molar-refractivity contribution in [2.75, 3.05) is 7.05 Å². The first-order valence-corrected chi connectivity index (χ1v) is 3.58. The van der Waals surface area contributed by atoms with Gasteiger partial charge in [-0.2, -0.15) is 0 Å². The van der Waals surface area contributed by atoms with Crippen molar-refractivity contribution >= 4 is 0 Å². The van der Waals surface area contributed by atoms with Crippen LogP contribution in [0.4, 0.5) is 0 Å². The first-order valence-electron chi connectivity index (χ1n) is 3.58. The van der Waals surface area contributed by atoms with Gasteiger partial charge in [-0.15, -0.1) is 0 Å². The molecular formula is C8H14N2. The highest BCUT2D eigenvalue weighted by molar-refractivity contribution is 5.01. The van der Waals surface area contributed by atoms with E-state index in [0.29, 0.717) is 6.04 Å². The fourth-order valence-electron chi connectivity index (χ4n) is 1.10. The van der Waals surface area contributed by atoms with Gasteiger partial charge in [0, 0.05) is 19.4 Å². The molecule has 1 aliphatic heterocycles. The van der Waals surface area contributed by atoms with Gasteiger partial charge in [-0.05, 0) is 19.9 Å². The topological polar surface area (TPSA) is 6.48 Å². The van der Waals surface area contributed by atoms with Crippen molar-refractivity contribution in [2.45, 2.75) is 19.9 Å². The summed E-state index contributed by atoms with van der Waals surface area (Å²) in [7, 11) is 2.04. The third kappa shape index (κ3) is 1.15. The average Bonchev–Trinajstić information content (AvgIpc) is 2.20. The molecule has 0 saturated carbocycles. The molecule has 0 amide bonds. The first-order chi connectivity index (χ1) is 4.75. The van der Waals surface area contributed by atoms with Gasteiger partial charge >= 0.3 is 0 Å². The molecule has 56 valence electrons. The molecule has 1 aliphatic rings. The monoisotopic (exact) mass is 138 g/mol. The zero-order chi connectivity index (χ0) is 7.56. The average molecular weight is 138 g/mol. The molecule has 0 radical (unpaired) electrons. The van der Waals surface area contributed by atoms with Crippen molar-refractivity contribution in [1.29, 1.82) is 0 Å². The fraction of sp³-hybridized carbons (Fsp3) is 0.500. The van der Waals surface area contributed by atoms with Gasteiger partial charge in [0.05, 0.1) is 6.04 Å². The van der Waals surface area contributed by atoms with E-state index in [-0.39, 0.29) is 0 Å². The van der Waals surface area contributed by atoms with Gasteiger partial charge in [0.1, 0.15) is 0 Å². The summed E-state index contributed by atoms with van der Waals surface area (Å²) < 4.78 is 0. The van der Waals surface area contributed by atoms with E-state index >= 15 is 0 Å². The maximum atomic E-state index is 2.17. The minimum atomic E-state index is 0.501. The molecule has 2 heteroatoms. The highest BCUT2D eigenvalue weighted by Gasteiger charge is 2.14. The normalized spacial score (nSPS) is 25.3. The Morgan fingerprint density at radius 3 is 2.60 bits per heavy atom. The summed E-state index contributed by atoms with van der Waals surface area (Å²) in [6.45, 7) is 4.19. The van der Waals surface area contributed by atoms with Gasteiger partial charge in [0.2, 0.25) is 0 Å². The Morgan fingerprint density at radius 1 is 1.50 bits per heavy atom. The molecule has 10 heavy (non-hydrogen) atoms. The molecule has 1 heterocycles. The van der Waals surface area contributed by atoms with Crippen molar-refractivity contribution < 1.29 is 0 Å². The molecule has 0 aromatic carbocycles. The lowest BCUT2D eigenvalue weighted by Gasteiger charge is -2.27. The number of nitrogens with zero attached hydrogens (tertiary/aromatic N) is 2. The van der Waals surface area contributed by atoms with Gasteiger partial charge in [0.25, 0.3) is 0 Å². The molecule has 1 atom stereocenters. The Hall–Kier alpha value is -0.920. The van der Waals surface area contributed by atoms with Crippen LogP contribution in [0.5, 0.6) is 0 Å². The zero-order valence-electron chi connectivity index (χ0n) is 6.78. The van der Waals surface area contributed by atoms with Crippen molar-refractivity contribution in [3.8, 4) is 0 Å². The number of rotatable bonds is 1. The Labute approximate surface area is 62.4 Å². The van der Waals surface area contributed by atoms with Gasteiger partial charge in [-0.3, -0.25) is 10.0 Å². The minimum Gasteiger partial charge on any atom is -0.296 e. The van der Waals surface area contributed by atoms with E-state index in [1.165, 1.54) is 0 Å². The van der Waals surface area contributed by atoms with Crippen molar-refractivity contribution in [2.24, 2.45) is 0 Å². The minimum absolute atomic E-state index is 0.501. The largest absolute Gasteiger partial charge is 0.296 e. The number of hydrazine groups is 1. The molecule has 1 rings (SSSR count). The molecule has 0 spiro atoms. The lowest BCUT2D eigenvalue weighted by Crippen LogP contribution is -2.31. The van der Waals surface area contributed by atoms with Crippen LogP contribution in [0.1, 0.15) is 13.8 Å². The van der Waals surface area contributed by atoms with Crippen LogP contribution in [0.25, 0.3) is 0 Å². The van der Waals surface area contributed by atoms with Crippen LogP contribution < -0.4 is 0 Å². The lowest BCUT2D eigenvalue weighted by molar-refractivity contribution is 0.109. The molecular weight excluding hydrogens is 124 g/mol. The van der Waals surface area contributed by atoms with Crippen LogP contribution in [-0.4, -0.2) is 23.1 Å². The maximum absolute atomic E-state index is 2.17. The lowest BCUT2D eigenvalue weighted by atomic mass is 10.3. The molecule has 0 aliphatic carbocycles. The predicted molar refractivity (Wildman–Crippen MR) is 43.0 cm³/mol. The van der Waals surface area contributed by atoms with Gasteiger partial charge < -0.3 is 0 Å². The second-order valence-corrected chi connectivity index (χ2v) is 2.52. The number of hydrogen-bond donors (Lipinski definition) is 0. The third-order valence-electron chi connectivity index (χ3n) is 1.66. The van der Waals surface area contributed by atoms with E-state index in [2.05, 4.69) is 35.4 Å². The Bertz CT molecular complexity index is 149. The van der Waals surface area contributed by atoms with E-state index in [9.17, 15) is 0 Å². The van der Waals surface area contributed by atoms with Crippen LogP contribution >= 0.6 is 0 Å². The highest BCUT2D eigenvalue weighted by atomic mass is 15.6. The summed E-state index contributed by atoms with van der Waals surface area (Å²) in [6, 6.07) is 0.501. The third-order valence-corrected chi connectivity index (χ3v) is 1.66. The Balaban J connectivity index is 2.60. The van der Waals surface area contributed by atoms with E-state index in [0.717, 1.165) is 0 Å². The van der Waals surface area contributed by atoms with Crippen molar-refractivity contribution in [3.05, 3.63) is 24.6 Å². The molecule has 0 aromatic heterocycles. The van der Waals surface area contributed by atoms with E-state index in [1.807, 2.05) is 20.0 Å². The molecule has 0 fully saturated rings. The number of allylic oxidation sites excluding steroid dienone is 1. The zero-order valence-corrected chi connectivity index (χ0v) is 6.78. The summed E-state index contributed by atoms with van der Waals surface area (Å²) in [6.07, 6.45) is 8.36. The van der Waals surface area contributed by atoms with Crippen LogP contribution in [0.2, 0.25) is 0 Å². The highest BCUT2D eigenvalue weighted by Crippen LogP contribution is 2.12. The van der Waals surface area contributed by atoms with Crippen molar-refractivity contribution in [1.82, 2.24) is 10.0 Å². The summed E-state index contributed by atoms with van der Waals surface area (Å²) in [5.74, 6) is 0. The smallest absolute Gasteiger partial charge is 0.0668 e. The summed E-state index contributed by atoms with van der Waals surface area (Å²) in [4.78, 5) is 0. The fourth-order valence-corrected chi connectivity index (χ4v) is 1.10. The standard InChI is InChI=1S/C8H14N2/c1-4-6-10-8(2)5-7-9(10)3/h4-8H,1-3H3/b6-4-. The van der Waals surface area contributed by atoms with Gasteiger partial charge in [-0.25, -0.2) is 0 Å². The van der Waals surface area contributed by atoms with Crippen molar-refractivity contribution in [3.63, 3.8) is 0 Å². The van der Waals surface area contributed by atoms with Crippen LogP contribution in [0.3, 0.4) is 0 Å². The predicted octanol–water partition coefficient (Wildman–Crippen LogP) is 1.58. The maximum Gasteiger partial charge on any atom is 0.0668 e. The van der Waals surface area contributed by atoms with Crippen LogP contribution in [0.15, 0.2) is 24.6 Å². The van der Waals surface area contributed by atoms with Gasteiger partial charge in [0.15, 0.2) is 0 Å².